The highest BCUT2D eigenvalue weighted by Gasteiger charge is 2.21. The zero-order valence-corrected chi connectivity index (χ0v) is 10.2. The molecule has 0 saturated heterocycles. The number of halogens is 1. The number of para-hydroxylation sites is 1. The third kappa shape index (κ3) is 2.58. The molecule has 1 aromatic heterocycles. The molecule has 1 aromatic carbocycles. The van der Waals surface area contributed by atoms with Gasteiger partial charge in [-0.25, -0.2) is 17.6 Å². The number of aromatic nitrogens is 1. The summed E-state index contributed by atoms with van der Waals surface area (Å²) in [5, 5.41) is 8.91. The summed E-state index contributed by atoms with van der Waals surface area (Å²) in [4.78, 5) is 13.4. The minimum Gasteiger partial charge on any atom is -0.478 e. The molecule has 0 aliphatic carbocycles. The van der Waals surface area contributed by atoms with Gasteiger partial charge in [-0.2, -0.15) is 0 Å². The minimum absolute atomic E-state index is 0.118. The van der Waals surface area contributed by atoms with E-state index < -0.39 is 33.1 Å². The average molecular weight is 284 g/mol. The van der Waals surface area contributed by atoms with E-state index in [1.165, 1.54) is 24.5 Å². The van der Waals surface area contributed by atoms with Crippen LogP contribution in [0.3, 0.4) is 0 Å². The van der Waals surface area contributed by atoms with Gasteiger partial charge in [0.05, 0.1) is 11.3 Å². The Bertz CT molecular complexity index is 710. The first-order chi connectivity index (χ1) is 8.92. The van der Waals surface area contributed by atoms with Crippen molar-refractivity contribution in [1.82, 2.24) is 4.98 Å². The second-order valence-corrected chi connectivity index (χ2v) is 5.30. The van der Waals surface area contributed by atoms with Gasteiger partial charge in [-0.3, -0.25) is 4.72 Å². The zero-order valence-electron chi connectivity index (χ0n) is 9.42. The summed E-state index contributed by atoms with van der Waals surface area (Å²) < 4.78 is 39.3. The maximum absolute atomic E-state index is 13.6. The number of carboxylic acid groups (broad SMARTS) is 1. The van der Waals surface area contributed by atoms with Crippen LogP contribution in [-0.4, -0.2) is 24.5 Å². The molecule has 0 spiro atoms. The van der Waals surface area contributed by atoms with E-state index in [2.05, 4.69) is 4.98 Å². The molecule has 2 aromatic rings. The number of aromatic carboxylic acids is 1. The second kappa shape index (κ2) is 4.73. The molecule has 0 amide bonds. The summed E-state index contributed by atoms with van der Waals surface area (Å²) in [7, 11) is -4.03. The van der Waals surface area contributed by atoms with Gasteiger partial charge in [0.1, 0.15) is 10.7 Å². The van der Waals surface area contributed by atoms with E-state index in [1.807, 2.05) is 4.72 Å². The van der Waals surface area contributed by atoms with Crippen molar-refractivity contribution < 1.29 is 22.7 Å². The standard InChI is InChI=1S/C11H9FN2O4S/c12-9-3-1-2-8(11(15)16)10(9)14-19(17,18)7-4-5-13-6-7/h1-6,13-14H,(H,15,16). The van der Waals surface area contributed by atoms with Crippen LogP contribution in [0.1, 0.15) is 10.4 Å². The Hall–Kier alpha value is -2.35. The van der Waals surface area contributed by atoms with Gasteiger partial charge in [0.15, 0.2) is 0 Å². The van der Waals surface area contributed by atoms with Gasteiger partial charge in [0, 0.05) is 12.4 Å². The quantitative estimate of drug-likeness (QED) is 0.794. The molecule has 19 heavy (non-hydrogen) atoms. The van der Waals surface area contributed by atoms with E-state index in [-0.39, 0.29) is 4.90 Å². The van der Waals surface area contributed by atoms with Crippen LogP contribution in [0, 0.1) is 5.82 Å². The molecule has 6 nitrogen and oxygen atoms in total. The van der Waals surface area contributed by atoms with Gasteiger partial charge in [-0.05, 0) is 18.2 Å². The monoisotopic (exact) mass is 284 g/mol. The molecule has 0 saturated carbocycles. The molecule has 1 heterocycles. The topological polar surface area (TPSA) is 99.3 Å². The summed E-state index contributed by atoms with van der Waals surface area (Å²) >= 11 is 0. The lowest BCUT2D eigenvalue weighted by molar-refractivity contribution is 0.0697. The van der Waals surface area contributed by atoms with Crippen molar-refractivity contribution in [3.05, 3.63) is 48.0 Å². The van der Waals surface area contributed by atoms with Gasteiger partial charge in [-0.1, -0.05) is 6.07 Å². The van der Waals surface area contributed by atoms with E-state index in [0.717, 1.165) is 12.1 Å². The lowest BCUT2D eigenvalue weighted by Crippen LogP contribution is -2.16. The predicted molar refractivity (Wildman–Crippen MR) is 65.0 cm³/mol. The Morgan fingerprint density at radius 2 is 2.05 bits per heavy atom. The van der Waals surface area contributed by atoms with Crippen LogP contribution < -0.4 is 4.72 Å². The minimum atomic E-state index is -4.03. The van der Waals surface area contributed by atoms with Crippen molar-refractivity contribution in [3.8, 4) is 0 Å². The van der Waals surface area contributed by atoms with Crippen molar-refractivity contribution in [2.24, 2.45) is 0 Å². The van der Waals surface area contributed by atoms with Crippen molar-refractivity contribution in [3.63, 3.8) is 0 Å². The fourth-order valence-electron chi connectivity index (χ4n) is 1.48. The second-order valence-electron chi connectivity index (χ2n) is 3.62. The third-order valence-corrected chi connectivity index (χ3v) is 3.71. The van der Waals surface area contributed by atoms with Crippen LogP contribution in [-0.2, 0) is 10.0 Å². The average Bonchev–Trinajstić information content (AvgIpc) is 2.85. The maximum atomic E-state index is 13.6. The number of H-pyrrole nitrogens is 1. The highest BCUT2D eigenvalue weighted by Crippen LogP contribution is 2.23. The molecule has 0 aliphatic rings. The molecular weight excluding hydrogens is 275 g/mol. The molecule has 8 heteroatoms. The van der Waals surface area contributed by atoms with Crippen LogP contribution in [0.4, 0.5) is 10.1 Å². The zero-order chi connectivity index (χ0) is 14.0. The van der Waals surface area contributed by atoms with E-state index >= 15 is 0 Å². The van der Waals surface area contributed by atoms with Crippen LogP contribution >= 0.6 is 0 Å². The Labute approximate surface area is 107 Å². The number of nitrogens with one attached hydrogen (secondary N) is 2. The molecule has 100 valence electrons. The van der Waals surface area contributed by atoms with Crippen molar-refractivity contribution in [2.75, 3.05) is 4.72 Å². The normalized spacial score (nSPS) is 11.2. The van der Waals surface area contributed by atoms with Crippen LogP contribution in [0.15, 0.2) is 41.6 Å². The Morgan fingerprint density at radius 1 is 1.32 bits per heavy atom. The van der Waals surface area contributed by atoms with Crippen molar-refractivity contribution in [1.29, 1.82) is 0 Å². The Morgan fingerprint density at radius 3 is 2.63 bits per heavy atom. The number of carboxylic acids is 1. The number of benzene rings is 1. The van der Waals surface area contributed by atoms with Gasteiger partial charge in [-0.15, -0.1) is 0 Å². The molecule has 0 atom stereocenters. The van der Waals surface area contributed by atoms with Crippen LogP contribution in [0.5, 0.6) is 0 Å². The number of rotatable bonds is 4. The Kier molecular flexibility index (Phi) is 3.26. The van der Waals surface area contributed by atoms with Gasteiger partial charge < -0.3 is 10.1 Å². The SMILES string of the molecule is O=C(O)c1cccc(F)c1NS(=O)(=O)c1cc[nH]c1. The fraction of sp³-hybridized carbons (Fsp3) is 0. The third-order valence-electron chi connectivity index (χ3n) is 2.36. The molecule has 3 N–H and O–H groups in total. The first-order valence-corrected chi connectivity index (χ1v) is 6.57. The summed E-state index contributed by atoms with van der Waals surface area (Å²) in [6.45, 7) is 0. The van der Waals surface area contributed by atoms with E-state index in [4.69, 9.17) is 5.11 Å². The van der Waals surface area contributed by atoms with Gasteiger partial charge in [0.2, 0.25) is 0 Å². The summed E-state index contributed by atoms with van der Waals surface area (Å²) in [5.41, 5.74) is -1.05. The molecular formula is C11H9FN2O4S. The fourth-order valence-corrected chi connectivity index (χ4v) is 2.54. The number of sulfonamides is 1. The first-order valence-electron chi connectivity index (χ1n) is 5.09. The van der Waals surface area contributed by atoms with Crippen molar-refractivity contribution >= 4 is 21.7 Å². The number of hydrogen-bond donors (Lipinski definition) is 3. The lowest BCUT2D eigenvalue weighted by Gasteiger charge is -2.10. The predicted octanol–water partition coefficient (Wildman–Crippen LogP) is 1.65. The highest BCUT2D eigenvalue weighted by molar-refractivity contribution is 7.92. The molecule has 0 unspecified atom stereocenters. The van der Waals surface area contributed by atoms with Crippen LogP contribution in [0.25, 0.3) is 0 Å². The first kappa shape index (κ1) is 13.1. The molecule has 0 aliphatic heterocycles. The van der Waals surface area contributed by atoms with E-state index in [9.17, 15) is 17.6 Å². The summed E-state index contributed by atoms with van der Waals surface area (Å²) in [6.07, 6.45) is 2.58. The van der Waals surface area contributed by atoms with Gasteiger partial charge in [0.25, 0.3) is 10.0 Å². The van der Waals surface area contributed by atoms with Crippen LogP contribution in [0.2, 0.25) is 0 Å². The Balaban J connectivity index is 2.48. The number of anilines is 1. The largest absolute Gasteiger partial charge is 0.478 e. The highest BCUT2D eigenvalue weighted by atomic mass is 32.2. The summed E-state index contributed by atoms with van der Waals surface area (Å²) in [5.74, 6) is -2.38. The molecule has 0 radical (unpaired) electrons. The number of hydrogen-bond acceptors (Lipinski definition) is 3. The number of aromatic amines is 1. The number of carbonyl (C=O) groups is 1. The van der Waals surface area contributed by atoms with E-state index in [0.29, 0.717) is 0 Å². The molecule has 0 bridgehead atoms. The molecule has 2 rings (SSSR count). The lowest BCUT2D eigenvalue weighted by atomic mass is 10.2. The molecule has 0 fully saturated rings. The smallest absolute Gasteiger partial charge is 0.337 e. The van der Waals surface area contributed by atoms with E-state index in [1.54, 1.807) is 0 Å². The van der Waals surface area contributed by atoms with Gasteiger partial charge >= 0.3 is 5.97 Å². The summed E-state index contributed by atoms with van der Waals surface area (Å²) in [6, 6.07) is 4.54. The van der Waals surface area contributed by atoms with Crippen molar-refractivity contribution in [2.45, 2.75) is 4.90 Å². The maximum Gasteiger partial charge on any atom is 0.337 e.